The van der Waals surface area contributed by atoms with E-state index in [1.165, 1.54) is 6.07 Å². The molecule has 0 aromatic heterocycles. The first kappa shape index (κ1) is 17.2. The van der Waals surface area contributed by atoms with Gasteiger partial charge in [0.1, 0.15) is 13.1 Å². The third-order valence-corrected chi connectivity index (χ3v) is 3.97. The van der Waals surface area contributed by atoms with Crippen LogP contribution < -0.4 is 0 Å². The fourth-order valence-corrected chi connectivity index (χ4v) is 2.94. The predicted molar refractivity (Wildman–Crippen MR) is 91.1 cm³/mol. The smallest absolute Gasteiger partial charge is 0.258 e. The molecule has 130 valence electrons. The van der Waals surface area contributed by atoms with E-state index in [0.717, 1.165) is 24.3 Å². The van der Waals surface area contributed by atoms with Gasteiger partial charge in [-0.25, -0.2) is 0 Å². The minimum absolute atomic E-state index is 0.0182. The van der Waals surface area contributed by atoms with Crippen molar-refractivity contribution in [2.45, 2.75) is 0 Å². The van der Waals surface area contributed by atoms with E-state index in [4.69, 9.17) is 13.1 Å². The van der Waals surface area contributed by atoms with Crippen LogP contribution in [-0.2, 0) is 0 Å². The van der Waals surface area contributed by atoms with E-state index in [-0.39, 0.29) is 33.5 Å². The van der Waals surface area contributed by atoms with Gasteiger partial charge in [0.15, 0.2) is 0 Å². The van der Waals surface area contributed by atoms with E-state index in [9.17, 15) is 30.3 Å². The van der Waals surface area contributed by atoms with Gasteiger partial charge in [-0.2, -0.15) is 9.69 Å². The summed E-state index contributed by atoms with van der Waals surface area (Å²) in [5.74, 6) is -0.495. The van der Waals surface area contributed by atoms with Gasteiger partial charge in [-0.05, 0) is 17.2 Å². The molecule has 2 aromatic carbocycles. The van der Waals surface area contributed by atoms with E-state index < -0.39 is 32.0 Å². The molecule has 0 spiro atoms. The summed E-state index contributed by atoms with van der Waals surface area (Å²) in [5.41, 5.74) is -1.41. The van der Waals surface area contributed by atoms with Crippen LogP contribution in [0.3, 0.4) is 0 Å². The molecule has 3 rings (SSSR count). The maximum atomic E-state index is 11.5. The number of benzene rings is 2. The molecule has 0 radical (unpaired) electrons. The van der Waals surface area contributed by atoms with Crippen molar-refractivity contribution >= 4 is 22.6 Å². The summed E-state index contributed by atoms with van der Waals surface area (Å²) in [4.78, 5) is 37.5. The topological polar surface area (TPSA) is 138 Å². The summed E-state index contributed by atoms with van der Waals surface area (Å²) in [6.07, 6.45) is 0. The maximum Gasteiger partial charge on any atom is 0.527 e. The van der Waals surface area contributed by atoms with Crippen molar-refractivity contribution in [3.05, 3.63) is 100 Å². The molecule has 1 aliphatic carbocycles. The largest absolute Gasteiger partial charge is 0.527 e. The van der Waals surface area contributed by atoms with Gasteiger partial charge >= 0.3 is 5.82 Å². The van der Waals surface area contributed by atoms with Crippen LogP contribution in [-0.4, -0.2) is 14.8 Å². The Labute approximate surface area is 149 Å². The zero-order valence-electron chi connectivity index (χ0n) is 13.1. The lowest BCUT2D eigenvalue weighted by Crippen LogP contribution is -1.96. The van der Waals surface area contributed by atoms with Gasteiger partial charge < -0.3 is 0 Å². The lowest BCUT2D eigenvalue weighted by Gasteiger charge is -2.02. The molecule has 0 amide bonds. The standard InChI is InChI=1S/C16H5N5O6/c1-17-16(18-2)15-11-5-8(19(22)23)3-4-10(11)14-12(15)6-9(20(24)25)7-13(14)21(26)27/h3-7H. The van der Waals surface area contributed by atoms with Crippen LogP contribution in [0.25, 0.3) is 26.4 Å². The quantitative estimate of drug-likeness (QED) is 0.392. The van der Waals surface area contributed by atoms with Gasteiger partial charge in [-0.3, -0.25) is 30.3 Å². The van der Waals surface area contributed by atoms with Gasteiger partial charge in [0.25, 0.3) is 17.1 Å². The molecular formula is C16H5N5O6. The summed E-state index contributed by atoms with van der Waals surface area (Å²) in [7, 11) is 0. The van der Waals surface area contributed by atoms with Gasteiger partial charge in [0.2, 0.25) is 0 Å². The summed E-state index contributed by atoms with van der Waals surface area (Å²) >= 11 is 0. The Hall–Kier alpha value is -4.64. The Morgan fingerprint density at radius 3 is 1.89 bits per heavy atom. The van der Waals surface area contributed by atoms with Crippen molar-refractivity contribution < 1.29 is 14.8 Å². The minimum atomic E-state index is -0.828. The van der Waals surface area contributed by atoms with E-state index in [1.807, 2.05) is 0 Å². The van der Waals surface area contributed by atoms with Crippen LogP contribution in [0.4, 0.5) is 17.1 Å². The van der Waals surface area contributed by atoms with Crippen LogP contribution in [0, 0.1) is 43.5 Å². The Balaban J connectivity index is 2.53. The number of fused-ring (bicyclic) bond motifs is 3. The molecular weight excluding hydrogens is 358 g/mol. The molecule has 0 heterocycles. The molecule has 0 aliphatic heterocycles. The number of hydrogen-bond donors (Lipinski definition) is 0. The van der Waals surface area contributed by atoms with Crippen molar-refractivity contribution in [2.75, 3.05) is 0 Å². The van der Waals surface area contributed by atoms with Crippen LogP contribution >= 0.6 is 0 Å². The lowest BCUT2D eigenvalue weighted by atomic mass is 10.0. The SMILES string of the molecule is [C-]#[N+]C([N+]#[C-])=C1c2cc([N+](=O)[O-])ccc2-c2c1cc([N+](=O)[O-])cc2[N+](=O)[O-]. The highest BCUT2D eigenvalue weighted by Crippen LogP contribution is 2.52. The Morgan fingerprint density at radius 2 is 1.37 bits per heavy atom. The van der Waals surface area contributed by atoms with Gasteiger partial charge in [-0.1, -0.05) is 0 Å². The summed E-state index contributed by atoms with van der Waals surface area (Å²) < 4.78 is 0. The van der Waals surface area contributed by atoms with Gasteiger partial charge in [0.05, 0.1) is 32.0 Å². The highest BCUT2D eigenvalue weighted by Gasteiger charge is 2.38. The molecule has 2 aromatic rings. The number of nitro benzene ring substituents is 3. The molecule has 27 heavy (non-hydrogen) atoms. The fourth-order valence-electron chi connectivity index (χ4n) is 2.94. The molecule has 0 unspecified atom stereocenters. The number of hydrogen-bond acceptors (Lipinski definition) is 6. The number of non-ortho nitro benzene ring substituents is 2. The maximum absolute atomic E-state index is 11.5. The average Bonchev–Trinajstić information content (AvgIpc) is 2.95. The van der Waals surface area contributed by atoms with Crippen LogP contribution in [0.15, 0.2) is 36.2 Å². The fraction of sp³-hybridized carbons (Fsp3) is 0. The molecule has 11 nitrogen and oxygen atoms in total. The molecule has 11 heteroatoms. The molecule has 0 fully saturated rings. The first-order valence-electron chi connectivity index (χ1n) is 7.05. The number of nitrogens with zero attached hydrogens (tertiary/aromatic N) is 5. The van der Waals surface area contributed by atoms with E-state index in [1.54, 1.807) is 0 Å². The number of nitro groups is 3. The van der Waals surface area contributed by atoms with Crippen molar-refractivity contribution in [1.29, 1.82) is 0 Å². The first-order valence-corrected chi connectivity index (χ1v) is 7.05. The zero-order chi connectivity index (χ0) is 19.9. The molecule has 0 saturated heterocycles. The second kappa shape index (κ2) is 6.02. The van der Waals surface area contributed by atoms with E-state index in [2.05, 4.69) is 9.69 Å². The highest BCUT2D eigenvalue weighted by atomic mass is 16.6. The third kappa shape index (κ3) is 2.52. The normalized spacial score (nSPS) is 11.0. The van der Waals surface area contributed by atoms with E-state index >= 15 is 0 Å². The Bertz CT molecular complexity index is 1170. The van der Waals surface area contributed by atoms with Crippen molar-refractivity contribution in [1.82, 2.24) is 0 Å². The summed E-state index contributed by atoms with van der Waals surface area (Å²) in [6.45, 7) is 14.3. The van der Waals surface area contributed by atoms with Crippen LogP contribution in [0.2, 0.25) is 0 Å². The number of rotatable bonds is 3. The summed E-state index contributed by atoms with van der Waals surface area (Å²) in [5, 5.41) is 33.7. The molecule has 0 saturated carbocycles. The van der Waals surface area contributed by atoms with Crippen molar-refractivity contribution in [3.8, 4) is 11.1 Å². The average molecular weight is 363 g/mol. The summed E-state index contributed by atoms with van der Waals surface area (Å²) in [6, 6.07) is 5.30. The Morgan fingerprint density at radius 1 is 0.778 bits per heavy atom. The van der Waals surface area contributed by atoms with E-state index in [0.29, 0.717) is 0 Å². The Kier molecular flexibility index (Phi) is 3.83. The molecule has 1 aliphatic rings. The van der Waals surface area contributed by atoms with Gasteiger partial charge in [-0.15, -0.1) is 0 Å². The lowest BCUT2D eigenvalue weighted by molar-refractivity contribution is -0.393. The molecule has 0 N–H and O–H groups in total. The molecule has 0 bridgehead atoms. The van der Waals surface area contributed by atoms with Crippen molar-refractivity contribution in [2.24, 2.45) is 0 Å². The van der Waals surface area contributed by atoms with Gasteiger partial charge in [0, 0.05) is 23.8 Å². The van der Waals surface area contributed by atoms with Crippen LogP contribution in [0.1, 0.15) is 11.1 Å². The highest BCUT2D eigenvalue weighted by molar-refractivity contribution is 6.06. The van der Waals surface area contributed by atoms with Crippen molar-refractivity contribution in [3.63, 3.8) is 0 Å². The van der Waals surface area contributed by atoms with Crippen LogP contribution in [0.5, 0.6) is 0 Å². The third-order valence-electron chi connectivity index (χ3n) is 3.97. The first-order chi connectivity index (χ1) is 12.8. The zero-order valence-corrected chi connectivity index (χ0v) is 13.1. The second-order valence-electron chi connectivity index (χ2n) is 5.31. The molecule has 0 atom stereocenters. The second-order valence-corrected chi connectivity index (χ2v) is 5.31. The predicted octanol–water partition coefficient (Wildman–Crippen LogP) is 3.95. The monoisotopic (exact) mass is 363 g/mol. The minimum Gasteiger partial charge on any atom is -0.258 e.